The van der Waals surface area contributed by atoms with Crippen molar-refractivity contribution in [2.45, 2.75) is 160 Å². The number of ether oxygens (including phenoxy) is 2. The van der Waals surface area contributed by atoms with E-state index in [4.69, 9.17) is 19.7 Å². The van der Waals surface area contributed by atoms with Gasteiger partial charge >= 0.3 is 7.60 Å². The predicted molar refractivity (Wildman–Crippen MR) is 227 cm³/mol. The number of nitrogen functional groups attached to an aromatic ring is 1. The van der Waals surface area contributed by atoms with Crippen LogP contribution in [0.5, 0.6) is 0 Å². The lowest BCUT2D eigenvalue weighted by Gasteiger charge is -2.28. The molecule has 3 aromatic rings. The molecule has 3 heterocycles. The number of benzene rings is 1. The third-order valence-electron chi connectivity index (χ3n) is 11.8. The number of likely N-dealkylation sites (N-methyl/N-ethyl adjacent to an activating group) is 1. The molecule has 0 radical (unpaired) electrons. The molecule has 2 aromatic heterocycles. The van der Waals surface area contributed by atoms with Crippen LogP contribution in [0, 0.1) is 23.1 Å². The van der Waals surface area contributed by atoms with Gasteiger partial charge in [0.1, 0.15) is 35.5 Å². The Labute approximate surface area is 350 Å². The molecule has 328 valence electrons. The zero-order valence-electron chi connectivity index (χ0n) is 35.7. The maximum Gasteiger partial charge on any atom is 0.328 e. The average Bonchev–Trinajstić information content (AvgIpc) is 3.76. The Morgan fingerprint density at radius 1 is 1.05 bits per heavy atom. The van der Waals surface area contributed by atoms with Gasteiger partial charge in [0, 0.05) is 19.5 Å². The van der Waals surface area contributed by atoms with Gasteiger partial charge in [0.05, 0.1) is 42.8 Å². The van der Waals surface area contributed by atoms with Crippen LogP contribution in [0.2, 0.25) is 0 Å². The first kappa shape index (κ1) is 48.2. The number of aromatic nitrogens is 3. The quantitative estimate of drug-likeness (QED) is 0.0469. The molecule has 13 nitrogen and oxygen atoms in total. The molecule has 15 heteroatoms. The fourth-order valence-corrected chi connectivity index (χ4v) is 9.03. The highest BCUT2D eigenvalue weighted by molar-refractivity contribution is 7.52. The number of halogens is 1. The molecule has 0 spiro atoms. The van der Waals surface area contributed by atoms with Crippen LogP contribution in [0.25, 0.3) is 5.52 Å². The van der Waals surface area contributed by atoms with E-state index in [2.05, 4.69) is 17.0 Å². The van der Waals surface area contributed by atoms with Gasteiger partial charge in [-0.05, 0) is 55.7 Å². The summed E-state index contributed by atoms with van der Waals surface area (Å²) in [6.07, 6.45) is 17.6. The SMILES string of the molecule is CCCCCCCCCCCCCCCCCCN(C)C(=O)[C@H](CCP(=O)(O)OC[C@H]1O[C@@](C)(c2ccc3c(N)ncnn23)[C@H](C)[C@@H]1O)OCc1cc(F)cc(C#N)c1. The number of nitrogens with two attached hydrogens (primary N) is 1. The Morgan fingerprint density at radius 3 is 2.27 bits per heavy atom. The second kappa shape index (κ2) is 24.1. The number of aliphatic hydroxyl groups excluding tert-OH is 1. The van der Waals surface area contributed by atoms with Crippen LogP contribution >= 0.6 is 7.60 Å². The predicted octanol–water partition coefficient (Wildman–Crippen LogP) is 8.83. The minimum absolute atomic E-state index is 0.115. The molecule has 1 saturated heterocycles. The summed E-state index contributed by atoms with van der Waals surface area (Å²) in [4.78, 5) is 30.2. The maximum absolute atomic E-state index is 14.2. The van der Waals surface area contributed by atoms with Gasteiger partial charge in [-0.25, -0.2) is 13.9 Å². The van der Waals surface area contributed by atoms with Gasteiger partial charge in [-0.2, -0.15) is 10.4 Å². The molecule has 6 atom stereocenters. The Hall–Kier alpha value is -3.44. The first-order chi connectivity index (χ1) is 28.3. The zero-order valence-corrected chi connectivity index (χ0v) is 36.6. The lowest BCUT2D eigenvalue weighted by atomic mass is 9.85. The van der Waals surface area contributed by atoms with Crippen LogP contribution in [-0.2, 0) is 35.6 Å². The lowest BCUT2D eigenvalue weighted by Crippen LogP contribution is -2.39. The molecule has 1 unspecified atom stereocenters. The minimum atomic E-state index is -4.32. The highest BCUT2D eigenvalue weighted by atomic mass is 31.2. The van der Waals surface area contributed by atoms with Crippen LogP contribution < -0.4 is 5.73 Å². The normalized spacial score (nSPS) is 20.7. The molecule has 0 aliphatic carbocycles. The number of carbonyl (C=O) groups excluding carboxylic acids is 1. The number of amides is 1. The van der Waals surface area contributed by atoms with Gasteiger partial charge in [-0.15, -0.1) is 0 Å². The van der Waals surface area contributed by atoms with Crippen LogP contribution in [-0.4, -0.2) is 80.1 Å². The molecule has 1 fully saturated rings. The zero-order chi connectivity index (χ0) is 42.8. The fraction of sp³-hybridized carbons (Fsp3) is 0.682. The Bertz CT molecular complexity index is 1840. The fourth-order valence-electron chi connectivity index (χ4n) is 7.96. The van der Waals surface area contributed by atoms with Crippen molar-refractivity contribution in [3.8, 4) is 6.07 Å². The summed E-state index contributed by atoms with van der Waals surface area (Å²) in [7, 11) is -2.64. The van der Waals surface area contributed by atoms with Crippen molar-refractivity contribution in [3.63, 3.8) is 0 Å². The van der Waals surface area contributed by atoms with Crippen molar-refractivity contribution in [2.24, 2.45) is 5.92 Å². The number of nitriles is 1. The first-order valence-electron chi connectivity index (χ1n) is 21.8. The summed E-state index contributed by atoms with van der Waals surface area (Å²) in [5.74, 6) is -1.14. The summed E-state index contributed by atoms with van der Waals surface area (Å²) in [6.45, 7) is 5.80. The summed E-state index contributed by atoms with van der Waals surface area (Å²) in [6, 6.07) is 9.28. The highest BCUT2D eigenvalue weighted by Gasteiger charge is 2.52. The summed E-state index contributed by atoms with van der Waals surface area (Å²) < 4.78 is 47.0. The van der Waals surface area contributed by atoms with Gasteiger partial charge < -0.3 is 34.6 Å². The Kier molecular flexibility index (Phi) is 19.7. The summed E-state index contributed by atoms with van der Waals surface area (Å²) in [5, 5.41) is 24.8. The number of hydrogen-bond donors (Lipinski definition) is 3. The number of rotatable bonds is 28. The monoisotopic (exact) mass is 842 g/mol. The van der Waals surface area contributed by atoms with Crippen molar-refractivity contribution in [3.05, 3.63) is 59.3 Å². The van der Waals surface area contributed by atoms with E-state index in [1.165, 1.54) is 102 Å². The molecule has 59 heavy (non-hydrogen) atoms. The second-order valence-electron chi connectivity index (χ2n) is 16.5. The van der Waals surface area contributed by atoms with Crippen LogP contribution in [0.15, 0.2) is 36.7 Å². The third kappa shape index (κ3) is 14.6. The Balaban J connectivity index is 1.24. The molecular formula is C44H68FN6O7P. The minimum Gasteiger partial charge on any atom is -0.390 e. The van der Waals surface area contributed by atoms with Gasteiger partial charge in [-0.3, -0.25) is 9.36 Å². The van der Waals surface area contributed by atoms with E-state index in [1.807, 2.05) is 19.9 Å². The highest BCUT2D eigenvalue weighted by Crippen LogP contribution is 2.48. The van der Waals surface area contributed by atoms with E-state index in [0.29, 0.717) is 23.3 Å². The van der Waals surface area contributed by atoms with E-state index in [0.717, 1.165) is 25.3 Å². The van der Waals surface area contributed by atoms with Crippen LogP contribution in [0.1, 0.15) is 147 Å². The molecule has 1 aliphatic rings. The Morgan fingerprint density at radius 2 is 1.66 bits per heavy atom. The second-order valence-corrected chi connectivity index (χ2v) is 18.5. The number of nitrogens with zero attached hydrogens (tertiary/aromatic N) is 5. The van der Waals surface area contributed by atoms with Crippen molar-refractivity contribution in [1.29, 1.82) is 5.26 Å². The van der Waals surface area contributed by atoms with Crippen molar-refractivity contribution in [1.82, 2.24) is 19.5 Å². The molecule has 4 N–H and O–H groups in total. The van der Waals surface area contributed by atoms with Crippen LogP contribution in [0.4, 0.5) is 10.2 Å². The van der Waals surface area contributed by atoms with E-state index in [1.54, 1.807) is 28.6 Å². The number of aliphatic hydroxyl groups is 1. The van der Waals surface area contributed by atoms with Gasteiger partial charge in [0.15, 0.2) is 5.82 Å². The van der Waals surface area contributed by atoms with E-state index >= 15 is 0 Å². The molecule has 1 aromatic carbocycles. The number of anilines is 1. The maximum atomic E-state index is 14.2. The molecular weight excluding hydrogens is 774 g/mol. The molecule has 1 aliphatic heterocycles. The average molecular weight is 843 g/mol. The van der Waals surface area contributed by atoms with E-state index in [-0.39, 0.29) is 36.9 Å². The van der Waals surface area contributed by atoms with Crippen molar-refractivity contribution in [2.75, 3.05) is 32.1 Å². The lowest BCUT2D eigenvalue weighted by molar-refractivity contribution is -0.143. The molecule has 0 bridgehead atoms. The molecule has 4 rings (SSSR count). The molecule has 0 saturated carbocycles. The smallest absolute Gasteiger partial charge is 0.328 e. The number of unbranched alkanes of at least 4 members (excludes halogenated alkanes) is 15. The first-order valence-corrected chi connectivity index (χ1v) is 23.5. The molecule has 1 amide bonds. The van der Waals surface area contributed by atoms with Gasteiger partial charge in [-0.1, -0.05) is 110 Å². The summed E-state index contributed by atoms with van der Waals surface area (Å²) in [5.41, 5.74) is 6.67. The van der Waals surface area contributed by atoms with E-state index < -0.39 is 49.4 Å². The summed E-state index contributed by atoms with van der Waals surface area (Å²) >= 11 is 0. The van der Waals surface area contributed by atoms with Crippen molar-refractivity contribution >= 4 is 24.8 Å². The van der Waals surface area contributed by atoms with Crippen LogP contribution in [0.3, 0.4) is 0 Å². The topological polar surface area (TPSA) is 186 Å². The third-order valence-corrected chi connectivity index (χ3v) is 13.2. The number of hydrogen-bond acceptors (Lipinski definition) is 10. The van der Waals surface area contributed by atoms with Gasteiger partial charge in [0.2, 0.25) is 0 Å². The number of carbonyl (C=O) groups is 1. The van der Waals surface area contributed by atoms with Crippen molar-refractivity contribution < 1.29 is 37.7 Å². The number of fused-ring (bicyclic) bond motifs is 1. The van der Waals surface area contributed by atoms with Gasteiger partial charge in [0.25, 0.3) is 5.91 Å². The largest absolute Gasteiger partial charge is 0.390 e. The van der Waals surface area contributed by atoms with E-state index in [9.17, 15) is 29.0 Å². The standard InChI is InChI=1S/C44H68FN6O7P/c1-5-6-7-8-9-10-11-12-13-14-15-16-17-18-19-20-24-50(4)43(53)38(56-30-35-26-34(29-46)27-36(45)28-35)23-25-59(54,55)57-31-39-41(52)33(2)44(3,58-39)40-22-21-37-42(47)48-32-49-51(37)40/h21-22,26-28,32-33,38-39,41,52H,5-20,23-25,30-31H2,1-4H3,(H,54,55)(H2,47,48,49)/t33-,38+,39-,41+,44-/m1/s1.